The molecule has 0 aromatic carbocycles. The second-order valence-corrected chi connectivity index (χ2v) is 3.59. The molecule has 1 aromatic heterocycles. The Kier molecular flexibility index (Phi) is 2.35. The number of amides is 1. The van der Waals surface area contributed by atoms with Gasteiger partial charge in [0.15, 0.2) is 0 Å². The Labute approximate surface area is 82.0 Å². The van der Waals surface area contributed by atoms with Crippen LogP contribution in [-0.4, -0.2) is 22.5 Å². The molecule has 2 rings (SSSR count). The van der Waals surface area contributed by atoms with E-state index in [0.29, 0.717) is 11.5 Å². The van der Waals surface area contributed by atoms with Crippen LogP contribution in [0.4, 0.5) is 0 Å². The third-order valence-electron chi connectivity index (χ3n) is 2.23. The van der Waals surface area contributed by atoms with E-state index < -0.39 is 0 Å². The molecule has 14 heavy (non-hydrogen) atoms. The van der Waals surface area contributed by atoms with E-state index in [1.54, 1.807) is 0 Å². The average Bonchev–Trinajstić information content (AvgIpc) is 2.97. The number of nitrogens with zero attached hydrogens (tertiary/aromatic N) is 1. The van der Waals surface area contributed by atoms with Crippen LogP contribution in [0.1, 0.15) is 23.2 Å². The Morgan fingerprint density at radius 3 is 3.00 bits per heavy atom. The minimum absolute atomic E-state index is 0.0177. The van der Waals surface area contributed by atoms with Crippen LogP contribution in [0.25, 0.3) is 0 Å². The smallest absolute Gasteiger partial charge is 0.252 e. The summed E-state index contributed by atoms with van der Waals surface area (Å²) >= 11 is 0. The van der Waals surface area contributed by atoms with Crippen molar-refractivity contribution in [1.29, 1.82) is 0 Å². The molecule has 0 aliphatic heterocycles. The second kappa shape index (κ2) is 3.65. The van der Waals surface area contributed by atoms with E-state index >= 15 is 0 Å². The van der Waals surface area contributed by atoms with Crippen LogP contribution in [-0.2, 0) is 0 Å². The van der Waals surface area contributed by atoms with Crippen LogP contribution in [0.2, 0.25) is 0 Å². The highest BCUT2D eigenvalue weighted by molar-refractivity contribution is 5.94. The fourth-order valence-electron chi connectivity index (χ4n) is 1.21. The summed E-state index contributed by atoms with van der Waals surface area (Å²) in [7, 11) is 0. The molecule has 1 aliphatic carbocycles. The highest BCUT2D eigenvalue weighted by atomic mass is 16.3. The first-order valence-electron chi connectivity index (χ1n) is 4.68. The fourth-order valence-corrected chi connectivity index (χ4v) is 1.21. The summed E-state index contributed by atoms with van der Waals surface area (Å²) in [5.41, 5.74) is 0.408. The number of nitrogens with one attached hydrogen (secondary N) is 1. The van der Waals surface area contributed by atoms with Crippen molar-refractivity contribution in [3.05, 3.63) is 24.0 Å². The van der Waals surface area contributed by atoms with Crippen LogP contribution in [0.3, 0.4) is 0 Å². The first kappa shape index (κ1) is 8.99. The molecule has 4 nitrogen and oxygen atoms in total. The van der Waals surface area contributed by atoms with Crippen molar-refractivity contribution in [3.8, 4) is 5.75 Å². The second-order valence-electron chi connectivity index (χ2n) is 3.59. The summed E-state index contributed by atoms with van der Waals surface area (Å²) in [6, 6.07) is 1.41. The number of hydrogen-bond donors (Lipinski definition) is 2. The summed E-state index contributed by atoms with van der Waals surface area (Å²) < 4.78 is 0. The van der Waals surface area contributed by atoms with Gasteiger partial charge < -0.3 is 10.4 Å². The third kappa shape index (κ3) is 2.22. The maximum absolute atomic E-state index is 11.5. The number of carbonyl (C=O) groups is 1. The predicted octanol–water partition coefficient (Wildman–Crippen LogP) is 0.927. The van der Waals surface area contributed by atoms with Gasteiger partial charge in [-0.05, 0) is 24.8 Å². The summed E-state index contributed by atoms with van der Waals surface area (Å²) in [5.74, 6) is 0.508. The molecule has 1 heterocycles. The van der Waals surface area contributed by atoms with Gasteiger partial charge in [-0.15, -0.1) is 0 Å². The Bertz CT molecular complexity index is 348. The molecule has 0 saturated heterocycles. The molecule has 4 heteroatoms. The van der Waals surface area contributed by atoms with Gasteiger partial charge in [-0.2, -0.15) is 0 Å². The SMILES string of the molecule is O=C(NCC1CC1)c1cncc(O)c1. The van der Waals surface area contributed by atoms with Gasteiger partial charge in [-0.3, -0.25) is 9.78 Å². The molecule has 0 unspecified atom stereocenters. The zero-order valence-electron chi connectivity index (χ0n) is 7.73. The Morgan fingerprint density at radius 1 is 1.57 bits per heavy atom. The molecule has 0 bridgehead atoms. The number of carbonyl (C=O) groups excluding carboxylic acids is 1. The van der Waals surface area contributed by atoms with Gasteiger partial charge in [-0.1, -0.05) is 0 Å². The first-order valence-corrected chi connectivity index (χ1v) is 4.68. The summed E-state index contributed by atoms with van der Waals surface area (Å²) in [6.45, 7) is 0.731. The number of rotatable bonds is 3. The average molecular weight is 192 g/mol. The van der Waals surface area contributed by atoms with Gasteiger partial charge >= 0.3 is 0 Å². The molecule has 0 radical (unpaired) electrons. The van der Waals surface area contributed by atoms with E-state index in [0.717, 1.165) is 6.54 Å². The van der Waals surface area contributed by atoms with E-state index in [-0.39, 0.29) is 11.7 Å². The van der Waals surface area contributed by atoms with E-state index in [1.807, 2.05) is 0 Å². The molecule has 0 spiro atoms. The normalized spacial score (nSPS) is 15.1. The van der Waals surface area contributed by atoms with Gasteiger partial charge in [-0.25, -0.2) is 0 Å². The zero-order valence-corrected chi connectivity index (χ0v) is 7.73. The van der Waals surface area contributed by atoms with E-state index in [1.165, 1.54) is 31.3 Å². The highest BCUT2D eigenvalue weighted by Crippen LogP contribution is 2.27. The van der Waals surface area contributed by atoms with Crippen LogP contribution in [0.5, 0.6) is 5.75 Å². The van der Waals surface area contributed by atoms with Crippen molar-refractivity contribution in [2.45, 2.75) is 12.8 Å². The molecule has 1 aliphatic rings. The summed E-state index contributed by atoms with van der Waals surface area (Å²) in [5, 5.41) is 11.9. The fraction of sp³-hybridized carbons (Fsp3) is 0.400. The molecule has 1 saturated carbocycles. The largest absolute Gasteiger partial charge is 0.506 e. The predicted molar refractivity (Wildman–Crippen MR) is 51.0 cm³/mol. The number of aromatic hydroxyl groups is 1. The topological polar surface area (TPSA) is 62.2 Å². The molecule has 2 N–H and O–H groups in total. The van der Waals surface area contributed by atoms with Gasteiger partial charge in [0, 0.05) is 12.7 Å². The minimum atomic E-state index is -0.166. The van der Waals surface area contributed by atoms with Crippen molar-refractivity contribution in [3.63, 3.8) is 0 Å². The van der Waals surface area contributed by atoms with Crippen molar-refractivity contribution < 1.29 is 9.90 Å². The zero-order chi connectivity index (χ0) is 9.97. The van der Waals surface area contributed by atoms with Crippen molar-refractivity contribution >= 4 is 5.91 Å². The Hall–Kier alpha value is -1.58. The van der Waals surface area contributed by atoms with E-state index in [2.05, 4.69) is 10.3 Å². The van der Waals surface area contributed by atoms with Crippen LogP contribution in [0, 0.1) is 5.92 Å². The lowest BCUT2D eigenvalue weighted by atomic mass is 10.2. The molecular formula is C10H12N2O2. The summed E-state index contributed by atoms with van der Waals surface area (Å²) in [4.78, 5) is 15.2. The van der Waals surface area contributed by atoms with E-state index in [9.17, 15) is 4.79 Å². The molecule has 0 atom stereocenters. The molecule has 1 fully saturated rings. The lowest BCUT2D eigenvalue weighted by Crippen LogP contribution is -2.25. The lowest BCUT2D eigenvalue weighted by Gasteiger charge is -2.03. The molecule has 1 amide bonds. The van der Waals surface area contributed by atoms with Gasteiger partial charge in [0.2, 0.25) is 0 Å². The number of pyridine rings is 1. The van der Waals surface area contributed by atoms with Crippen LogP contribution in [0.15, 0.2) is 18.5 Å². The standard InChI is InChI=1S/C10H12N2O2/c13-9-3-8(5-11-6-9)10(14)12-4-7-1-2-7/h3,5-7,13H,1-2,4H2,(H,12,14). The molecular weight excluding hydrogens is 180 g/mol. The highest BCUT2D eigenvalue weighted by Gasteiger charge is 2.21. The molecule has 74 valence electrons. The maximum Gasteiger partial charge on any atom is 0.252 e. The Morgan fingerprint density at radius 2 is 2.36 bits per heavy atom. The monoisotopic (exact) mass is 192 g/mol. The van der Waals surface area contributed by atoms with Crippen molar-refractivity contribution in [2.24, 2.45) is 5.92 Å². The van der Waals surface area contributed by atoms with Crippen LogP contribution < -0.4 is 5.32 Å². The summed E-state index contributed by atoms with van der Waals surface area (Å²) in [6.07, 6.45) is 5.16. The number of aromatic nitrogens is 1. The van der Waals surface area contributed by atoms with Crippen molar-refractivity contribution in [1.82, 2.24) is 10.3 Å². The van der Waals surface area contributed by atoms with Crippen molar-refractivity contribution in [2.75, 3.05) is 6.54 Å². The lowest BCUT2D eigenvalue weighted by molar-refractivity contribution is 0.0951. The van der Waals surface area contributed by atoms with Gasteiger partial charge in [0.05, 0.1) is 11.8 Å². The van der Waals surface area contributed by atoms with Gasteiger partial charge in [0.1, 0.15) is 5.75 Å². The third-order valence-corrected chi connectivity index (χ3v) is 2.23. The van der Waals surface area contributed by atoms with Gasteiger partial charge in [0.25, 0.3) is 5.91 Å². The molecule has 1 aromatic rings. The number of hydrogen-bond acceptors (Lipinski definition) is 3. The minimum Gasteiger partial charge on any atom is -0.506 e. The Balaban J connectivity index is 1.95. The van der Waals surface area contributed by atoms with E-state index in [4.69, 9.17) is 5.11 Å². The quantitative estimate of drug-likeness (QED) is 0.748. The first-order chi connectivity index (χ1) is 6.75. The van der Waals surface area contributed by atoms with Crippen LogP contribution >= 0.6 is 0 Å². The maximum atomic E-state index is 11.5.